The number of rotatable bonds is 7. The van der Waals surface area contributed by atoms with E-state index < -0.39 is 11.5 Å². The number of benzene rings is 2. The Morgan fingerprint density at radius 2 is 2.08 bits per heavy atom. The molecule has 0 saturated heterocycles. The van der Waals surface area contributed by atoms with Gasteiger partial charge in [0.2, 0.25) is 11.8 Å². The Morgan fingerprint density at radius 1 is 1.23 bits per heavy atom. The number of nitrogens with one attached hydrogen (secondary N) is 3. The summed E-state index contributed by atoms with van der Waals surface area (Å²) in [5.41, 5.74) is 3.16. The first-order valence-electron chi connectivity index (χ1n) is 12.3. The van der Waals surface area contributed by atoms with Gasteiger partial charge in [0, 0.05) is 17.3 Å². The summed E-state index contributed by atoms with van der Waals surface area (Å²) >= 11 is 0. The van der Waals surface area contributed by atoms with Crippen molar-refractivity contribution in [2.45, 2.75) is 32.4 Å². The summed E-state index contributed by atoms with van der Waals surface area (Å²) in [5.74, 6) is -0.511. The Balaban J connectivity index is 1.40. The van der Waals surface area contributed by atoms with Crippen molar-refractivity contribution in [3.05, 3.63) is 92.6 Å². The van der Waals surface area contributed by atoms with Gasteiger partial charge in [-0.2, -0.15) is 19.6 Å². The minimum absolute atomic E-state index is 0.0577. The van der Waals surface area contributed by atoms with Gasteiger partial charge < -0.3 is 15.4 Å². The lowest BCUT2D eigenvalue weighted by Gasteiger charge is -2.12. The van der Waals surface area contributed by atoms with Crippen molar-refractivity contribution < 1.29 is 14.3 Å². The number of ketones is 1. The zero-order valence-corrected chi connectivity index (χ0v) is 20.8. The van der Waals surface area contributed by atoms with E-state index in [-0.39, 0.29) is 35.9 Å². The fraction of sp³-hybridized carbons (Fsp3) is 0.185. The Hall–Kier alpha value is -5.13. The largest absolute Gasteiger partial charge is 0.493 e. The highest BCUT2D eigenvalue weighted by Crippen LogP contribution is 2.26. The van der Waals surface area contributed by atoms with E-state index >= 15 is 0 Å². The number of aromatic nitrogens is 6. The molecule has 39 heavy (non-hydrogen) atoms. The van der Waals surface area contributed by atoms with Crippen LogP contribution < -0.4 is 21.8 Å². The standard InChI is InChI=1S/C27H23FN8O3/c1-14(37)15-3-2-4-16(9-15)21-8-5-19(28)10-17(21)12-29-25-33-23-18(11-22-24(38)34-27(39)32-22)13-30-36(23)26(35-25)31-20-6-7-20/h2-5,8-11,13,20,38H,6-7,12H2,1H3,(H,29,31,35)(H2,32,34,39). The molecule has 0 radical (unpaired) electrons. The quantitative estimate of drug-likeness (QED) is 0.237. The molecule has 1 aliphatic carbocycles. The second kappa shape index (κ2) is 9.63. The number of imidazole rings is 1. The number of nitrogens with zero attached hydrogens (tertiary/aromatic N) is 5. The van der Waals surface area contributed by atoms with E-state index in [4.69, 9.17) is 0 Å². The van der Waals surface area contributed by atoms with Crippen molar-refractivity contribution in [3.63, 3.8) is 0 Å². The molecule has 2 aromatic carbocycles. The van der Waals surface area contributed by atoms with E-state index in [0.29, 0.717) is 27.6 Å². The van der Waals surface area contributed by atoms with E-state index in [2.05, 4.69) is 35.3 Å². The maximum Gasteiger partial charge on any atom is 0.326 e. The van der Waals surface area contributed by atoms with Gasteiger partial charge in [-0.05, 0) is 60.7 Å². The number of halogens is 1. The third-order valence-electron chi connectivity index (χ3n) is 6.34. The normalized spacial score (nSPS) is 14.3. The van der Waals surface area contributed by atoms with Gasteiger partial charge >= 0.3 is 5.69 Å². The van der Waals surface area contributed by atoms with Crippen LogP contribution in [0.25, 0.3) is 22.9 Å². The SMILES string of the molecule is CC(=O)c1cccc(-c2ccc(F)cc2CNc2nc(=NC3CC3)n3ncc(=Cc4[nH]c(=O)[nH]c4O)c3n2)c1. The van der Waals surface area contributed by atoms with Crippen molar-refractivity contribution in [1.29, 1.82) is 0 Å². The van der Waals surface area contributed by atoms with Gasteiger partial charge in [0.25, 0.3) is 5.62 Å². The first kappa shape index (κ1) is 24.2. The Labute approximate surface area is 219 Å². The van der Waals surface area contributed by atoms with Gasteiger partial charge in [-0.25, -0.2) is 14.2 Å². The molecule has 1 fully saturated rings. The molecule has 12 heteroatoms. The molecule has 0 amide bonds. The predicted molar refractivity (Wildman–Crippen MR) is 140 cm³/mol. The summed E-state index contributed by atoms with van der Waals surface area (Å²) in [6.07, 6.45) is 5.00. The molecule has 0 spiro atoms. The zero-order chi connectivity index (χ0) is 27.1. The number of anilines is 1. The first-order chi connectivity index (χ1) is 18.8. The van der Waals surface area contributed by atoms with E-state index in [0.717, 1.165) is 24.0 Å². The fourth-order valence-corrected chi connectivity index (χ4v) is 4.23. The highest BCUT2D eigenvalue weighted by Gasteiger charge is 2.21. The van der Waals surface area contributed by atoms with Crippen molar-refractivity contribution in [1.82, 2.24) is 29.5 Å². The van der Waals surface area contributed by atoms with Gasteiger partial charge in [-0.1, -0.05) is 24.3 Å². The number of carbonyl (C=O) groups is 1. The molecule has 1 aliphatic rings. The molecule has 3 aromatic heterocycles. The second-order valence-electron chi connectivity index (χ2n) is 9.32. The molecular formula is C27H23FN8O3. The van der Waals surface area contributed by atoms with E-state index in [1.165, 1.54) is 29.8 Å². The number of fused-ring (bicyclic) bond motifs is 1. The lowest BCUT2D eigenvalue weighted by atomic mass is 9.97. The summed E-state index contributed by atoms with van der Waals surface area (Å²) < 4.78 is 15.8. The lowest BCUT2D eigenvalue weighted by molar-refractivity contribution is 0.101. The molecule has 1 saturated carbocycles. The van der Waals surface area contributed by atoms with Crippen LogP contribution in [0.1, 0.15) is 41.4 Å². The highest BCUT2D eigenvalue weighted by atomic mass is 19.1. The number of Topliss-reactive ketones (excluding diaryl/α,β-unsaturated/α-hetero) is 1. The van der Waals surface area contributed by atoms with Crippen LogP contribution in [0.3, 0.4) is 0 Å². The third kappa shape index (κ3) is 5.04. The first-order valence-corrected chi connectivity index (χ1v) is 12.3. The summed E-state index contributed by atoms with van der Waals surface area (Å²) in [6.45, 7) is 1.69. The van der Waals surface area contributed by atoms with Crippen molar-refractivity contribution in [3.8, 4) is 17.0 Å². The average molecular weight is 527 g/mol. The predicted octanol–water partition coefficient (Wildman–Crippen LogP) is 2.08. The minimum atomic E-state index is -0.545. The van der Waals surface area contributed by atoms with E-state index in [9.17, 15) is 19.1 Å². The number of hydrogen-bond acceptors (Lipinski definition) is 8. The van der Waals surface area contributed by atoms with Crippen LogP contribution in [0.2, 0.25) is 0 Å². The van der Waals surface area contributed by atoms with Gasteiger partial charge in [0.1, 0.15) is 11.5 Å². The van der Waals surface area contributed by atoms with Gasteiger partial charge in [-0.15, -0.1) is 0 Å². The lowest BCUT2D eigenvalue weighted by Crippen LogP contribution is -2.24. The van der Waals surface area contributed by atoms with Crippen molar-refractivity contribution in [2.75, 3.05) is 5.32 Å². The monoisotopic (exact) mass is 526 g/mol. The van der Waals surface area contributed by atoms with Crippen LogP contribution in [-0.2, 0) is 6.54 Å². The van der Waals surface area contributed by atoms with Gasteiger partial charge in [0.05, 0.1) is 12.2 Å². The summed E-state index contributed by atoms with van der Waals surface area (Å²) in [5, 5.41) is 18.0. The molecule has 0 aliphatic heterocycles. The maximum absolute atomic E-state index is 14.3. The Kier molecular flexibility index (Phi) is 5.98. The van der Waals surface area contributed by atoms with Crippen LogP contribution in [0.5, 0.6) is 5.88 Å². The highest BCUT2D eigenvalue weighted by molar-refractivity contribution is 5.95. The summed E-state index contributed by atoms with van der Waals surface area (Å²) in [4.78, 5) is 42.0. The number of H-pyrrole nitrogens is 2. The molecule has 5 aromatic rings. The molecule has 11 nitrogen and oxygen atoms in total. The molecule has 3 heterocycles. The van der Waals surface area contributed by atoms with E-state index in [1.807, 2.05) is 6.07 Å². The number of aromatic hydroxyl groups is 1. The van der Waals surface area contributed by atoms with Crippen LogP contribution in [0.4, 0.5) is 10.3 Å². The molecule has 0 atom stereocenters. The van der Waals surface area contributed by atoms with E-state index in [1.54, 1.807) is 30.3 Å². The van der Waals surface area contributed by atoms with Crippen LogP contribution >= 0.6 is 0 Å². The summed E-state index contributed by atoms with van der Waals surface area (Å²) in [7, 11) is 0. The summed E-state index contributed by atoms with van der Waals surface area (Å²) in [6, 6.07) is 11.8. The maximum atomic E-state index is 14.3. The molecular weight excluding hydrogens is 503 g/mol. The van der Waals surface area contributed by atoms with Gasteiger partial charge in [-0.3, -0.25) is 9.78 Å². The number of aromatic amines is 2. The molecule has 196 valence electrons. The topological polar surface area (TPSA) is 153 Å². The van der Waals surface area contributed by atoms with Gasteiger partial charge in [0.15, 0.2) is 11.4 Å². The molecule has 0 unspecified atom stereocenters. The van der Waals surface area contributed by atoms with Crippen LogP contribution in [0.15, 0.2) is 58.4 Å². The van der Waals surface area contributed by atoms with Crippen LogP contribution in [-0.4, -0.2) is 46.5 Å². The number of hydrogen-bond donors (Lipinski definition) is 4. The number of carbonyl (C=O) groups excluding carboxylic acids is 1. The van der Waals surface area contributed by atoms with Crippen molar-refractivity contribution in [2.24, 2.45) is 4.99 Å². The Bertz CT molecular complexity index is 1920. The van der Waals surface area contributed by atoms with Crippen molar-refractivity contribution >= 4 is 23.5 Å². The molecule has 0 bridgehead atoms. The van der Waals surface area contributed by atoms with Crippen LogP contribution in [0, 0.1) is 5.82 Å². The molecule has 6 rings (SSSR count). The third-order valence-corrected chi connectivity index (χ3v) is 6.34. The zero-order valence-electron chi connectivity index (χ0n) is 20.8. The minimum Gasteiger partial charge on any atom is -0.493 e. The Morgan fingerprint density at radius 3 is 2.82 bits per heavy atom. The smallest absolute Gasteiger partial charge is 0.326 e. The fourth-order valence-electron chi connectivity index (χ4n) is 4.23. The second-order valence-corrected chi connectivity index (χ2v) is 9.32. The average Bonchev–Trinajstić information content (AvgIpc) is 3.55. The molecule has 4 N–H and O–H groups in total.